The summed E-state index contributed by atoms with van der Waals surface area (Å²) in [4.78, 5) is 1.17. The minimum absolute atomic E-state index is 0.0295. The number of aromatic nitrogens is 2. The van der Waals surface area contributed by atoms with Crippen LogP contribution < -0.4 is 5.32 Å². The summed E-state index contributed by atoms with van der Waals surface area (Å²) in [7, 11) is 0. The number of benzene rings is 1. The first-order valence-corrected chi connectivity index (χ1v) is 9.86. The maximum Gasteiger partial charge on any atom is 0.149 e. The molecule has 2 aromatic heterocycles. The quantitative estimate of drug-likeness (QED) is 0.638. The minimum Gasteiger partial charge on any atom is -0.507 e. The maximum atomic E-state index is 10.7. The Morgan fingerprint density at radius 3 is 2.69 bits per heavy atom. The lowest BCUT2D eigenvalue weighted by molar-refractivity contribution is 0.116. The number of phenolic OH excluding ortho intramolecular Hbond substituents is 1. The topological polar surface area (TPSA) is 78.3 Å². The van der Waals surface area contributed by atoms with Gasteiger partial charge in [-0.3, -0.25) is 0 Å². The van der Waals surface area contributed by atoms with Crippen LogP contribution in [0, 0.1) is 13.8 Å². The Balaban J connectivity index is 1.65. The van der Waals surface area contributed by atoms with Gasteiger partial charge in [0.2, 0.25) is 0 Å². The van der Waals surface area contributed by atoms with Crippen LogP contribution in [-0.4, -0.2) is 32.6 Å². The molecule has 1 aliphatic rings. The summed E-state index contributed by atoms with van der Waals surface area (Å²) >= 11 is 1.67. The van der Waals surface area contributed by atoms with Crippen molar-refractivity contribution in [2.75, 3.05) is 5.32 Å². The van der Waals surface area contributed by atoms with Gasteiger partial charge in [0.25, 0.3) is 0 Å². The van der Waals surface area contributed by atoms with Gasteiger partial charge < -0.3 is 15.5 Å². The van der Waals surface area contributed by atoms with Crippen molar-refractivity contribution in [3.8, 4) is 17.0 Å². The second kappa shape index (κ2) is 6.85. The number of hydrogen-bond donors (Lipinski definition) is 3. The van der Waals surface area contributed by atoms with E-state index >= 15 is 0 Å². The van der Waals surface area contributed by atoms with E-state index < -0.39 is 0 Å². The van der Waals surface area contributed by atoms with Crippen LogP contribution in [0.25, 0.3) is 21.3 Å². The van der Waals surface area contributed by atoms with Crippen molar-refractivity contribution in [3.63, 3.8) is 0 Å². The second-order valence-electron chi connectivity index (χ2n) is 7.09. The largest absolute Gasteiger partial charge is 0.507 e. The fraction of sp³-hybridized carbons (Fsp3) is 0.400. The fourth-order valence-corrected chi connectivity index (χ4v) is 4.63. The molecule has 2 atom stereocenters. The average molecular weight is 369 g/mol. The number of aliphatic hydroxyl groups excluding tert-OH is 1. The highest BCUT2D eigenvalue weighted by Gasteiger charge is 2.23. The molecule has 136 valence electrons. The summed E-state index contributed by atoms with van der Waals surface area (Å²) in [5, 5.41) is 33.7. The normalized spacial score (nSPS) is 20.4. The van der Waals surface area contributed by atoms with E-state index in [1.165, 1.54) is 4.88 Å². The molecule has 0 spiro atoms. The second-order valence-corrected chi connectivity index (χ2v) is 8.38. The highest BCUT2D eigenvalue weighted by molar-refractivity contribution is 7.19. The van der Waals surface area contributed by atoms with E-state index in [-0.39, 0.29) is 17.9 Å². The summed E-state index contributed by atoms with van der Waals surface area (Å²) < 4.78 is 1.07. The van der Waals surface area contributed by atoms with Gasteiger partial charge in [-0.1, -0.05) is 12.8 Å². The molecule has 1 fully saturated rings. The van der Waals surface area contributed by atoms with Crippen molar-refractivity contribution in [1.29, 1.82) is 0 Å². The number of phenols is 1. The van der Waals surface area contributed by atoms with Crippen molar-refractivity contribution in [1.82, 2.24) is 10.2 Å². The zero-order valence-corrected chi connectivity index (χ0v) is 15.8. The Kier molecular flexibility index (Phi) is 4.54. The Hall–Kier alpha value is -2.18. The van der Waals surface area contributed by atoms with E-state index in [2.05, 4.69) is 15.5 Å². The van der Waals surface area contributed by atoms with Gasteiger partial charge in [0.05, 0.1) is 17.8 Å². The first-order chi connectivity index (χ1) is 12.5. The minimum atomic E-state index is -0.334. The molecule has 0 radical (unpaired) electrons. The monoisotopic (exact) mass is 369 g/mol. The van der Waals surface area contributed by atoms with Gasteiger partial charge in [-0.15, -0.1) is 21.5 Å². The number of aliphatic hydroxyl groups is 1. The highest BCUT2D eigenvalue weighted by Crippen LogP contribution is 2.39. The van der Waals surface area contributed by atoms with E-state index in [1.54, 1.807) is 11.3 Å². The third-order valence-electron chi connectivity index (χ3n) is 5.10. The van der Waals surface area contributed by atoms with Crippen molar-refractivity contribution in [3.05, 3.63) is 34.7 Å². The third-order valence-corrected chi connectivity index (χ3v) is 6.11. The maximum absolute atomic E-state index is 10.7. The number of thiophene rings is 1. The summed E-state index contributed by atoms with van der Waals surface area (Å²) in [5.41, 5.74) is 2.32. The van der Waals surface area contributed by atoms with Crippen LogP contribution in [0.1, 0.15) is 36.1 Å². The summed E-state index contributed by atoms with van der Waals surface area (Å²) in [6, 6.07) is 7.90. The number of anilines is 1. The molecular weight excluding hydrogens is 346 g/mol. The first-order valence-electron chi connectivity index (χ1n) is 9.04. The van der Waals surface area contributed by atoms with Crippen molar-refractivity contribution in [2.24, 2.45) is 0 Å². The smallest absolute Gasteiger partial charge is 0.149 e. The van der Waals surface area contributed by atoms with Crippen LogP contribution in [0.3, 0.4) is 0 Å². The van der Waals surface area contributed by atoms with Crippen molar-refractivity contribution >= 4 is 27.2 Å². The molecule has 26 heavy (non-hydrogen) atoms. The van der Waals surface area contributed by atoms with E-state index in [0.717, 1.165) is 41.3 Å². The molecule has 6 heteroatoms. The standard InChI is InChI=1S/C20H23N3O2S/c1-11-9-18(21-15-5-3-4-6-16(15)24)22-23-19(11)13-7-8-17-14(20(13)25)10-12(2)26-17/h7-10,15-16,24-25H,3-6H2,1-2H3,(H,21,22)/t15-,16+/m1/s1. The summed E-state index contributed by atoms with van der Waals surface area (Å²) in [6.07, 6.45) is 3.63. The van der Waals surface area contributed by atoms with Gasteiger partial charge in [-0.05, 0) is 56.5 Å². The number of hydrogen-bond acceptors (Lipinski definition) is 6. The molecule has 2 heterocycles. The molecule has 1 aromatic carbocycles. The average Bonchev–Trinajstić information content (AvgIpc) is 3.00. The van der Waals surface area contributed by atoms with Gasteiger partial charge >= 0.3 is 0 Å². The molecule has 3 N–H and O–H groups in total. The van der Waals surface area contributed by atoms with Gasteiger partial charge in [0.15, 0.2) is 0 Å². The number of nitrogens with zero attached hydrogens (tertiary/aromatic N) is 2. The number of aryl methyl sites for hydroxylation is 2. The summed E-state index contributed by atoms with van der Waals surface area (Å²) in [5.74, 6) is 0.928. The molecule has 0 bridgehead atoms. The molecule has 0 saturated heterocycles. The Labute approximate surface area is 156 Å². The lowest BCUT2D eigenvalue weighted by atomic mass is 9.92. The molecule has 5 nitrogen and oxygen atoms in total. The van der Waals surface area contributed by atoms with E-state index in [4.69, 9.17) is 0 Å². The zero-order valence-electron chi connectivity index (χ0n) is 15.0. The van der Waals surface area contributed by atoms with Crippen LogP contribution in [0.2, 0.25) is 0 Å². The molecule has 1 saturated carbocycles. The SMILES string of the molecule is Cc1cc2c(O)c(-c3nnc(N[C@@H]4CCCC[C@@H]4O)cc3C)ccc2s1. The van der Waals surface area contributed by atoms with Gasteiger partial charge in [-0.2, -0.15) is 0 Å². The van der Waals surface area contributed by atoms with E-state index in [9.17, 15) is 10.2 Å². The van der Waals surface area contributed by atoms with Crippen LogP contribution in [0.5, 0.6) is 5.75 Å². The fourth-order valence-electron chi connectivity index (χ4n) is 3.71. The Morgan fingerprint density at radius 2 is 1.92 bits per heavy atom. The lowest BCUT2D eigenvalue weighted by Crippen LogP contribution is -2.36. The first kappa shape index (κ1) is 17.2. The molecule has 3 aromatic rings. The van der Waals surface area contributed by atoms with Crippen LogP contribution >= 0.6 is 11.3 Å². The molecule has 0 aliphatic heterocycles. The molecule has 1 aliphatic carbocycles. The lowest BCUT2D eigenvalue weighted by Gasteiger charge is -2.28. The molecule has 0 unspecified atom stereocenters. The summed E-state index contributed by atoms with van der Waals surface area (Å²) in [6.45, 7) is 4.00. The third kappa shape index (κ3) is 3.15. The van der Waals surface area contributed by atoms with Crippen molar-refractivity contribution < 1.29 is 10.2 Å². The van der Waals surface area contributed by atoms with Crippen LogP contribution in [-0.2, 0) is 0 Å². The number of nitrogens with one attached hydrogen (secondary N) is 1. The Morgan fingerprint density at radius 1 is 1.12 bits per heavy atom. The zero-order chi connectivity index (χ0) is 18.3. The van der Waals surface area contributed by atoms with E-state index in [0.29, 0.717) is 17.1 Å². The van der Waals surface area contributed by atoms with Gasteiger partial charge in [-0.25, -0.2) is 0 Å². The molecule has 4 rings (SSSR count). The number of aromatic hydroxyl groups is 1. The van der Waals surface area contributed by atoms with Crippen molar-refractivity contribution in [2.45, 2.75) is 51.7 Å². The van der Waals surface area contributed by atoms with Crippen LogP contribution in [0.4, 0.5) is 5.82 Å². The van der Waals surface area contributed by atoms with E-state index in [1.807, 2.05) is 38.1 Å². The number of rotatable bonds is 3. The molecule has 0 amide bonds. The van der Waals surface area contributed by atoms with Gasteiger partial charge in [0.1, 0.15) is 11.6 Å². The number of fused-ring (bicyclic) bond motifs is 1. The molecular formula is C20H23N3O2S. The highest BCUT2D eigenvalue weighted by atomic mass is 32.1. The Bertz CT molecular complexity index is 954. The van der Waals surface area contributed by atoms with Gasteiger partial charge in [0, 0.05) is 20.5 Å². The van der Waals surface area contributed by atoms with Crippen LogP contribution in [0.15, 0.2) is 24.3 Å². The predicted octanol–water partition coefficient (Wildman–Crippen LogP) is 4.40. The predicted molar refractivity (Wildman–Crippen MR) is 106 cm³/mol.